The van der Waals surface area contributed by atoms with Crippen LogP contribution < -0.4 is 16.8 Å². The lowest BCUT2D eigenvalue weighted by atomic mass is 9.80. The Morgan fingerprint density at radius 2 is 1.83 bits per heavy atom. The van der Waals surface area contributed by atoms with Crippen LogP contribution in [0.1, 0.15) is 40.0 Å². The molecule has 1 rings (SSSR count). The second kappa shape index (κ2) is 9.68. The summed E-state index contributed by atoms with van der Waals surface area (Å²) in [6, 6.07) is -0.913. The van der Waals surface area contributed by atoms with E-state index in [4.69, 9.17) is 11.5 Å². The number of aliphatic imine (C=N–C) groups is 1. The average Bonchev–Trinajstić information content (AvgIpc) is 2.74. The van der Waals surface area contributed by atoms with Crippen molar-refractivity contribution in [2.75, 3.05) is 0 Å². The maximum Gasteiger partial charge on any atom is 0.309 e. The Hall–Kier alpha value is -1.54. The number of carbonyl (C=O) groups is 2. The van der Waals surface area contributed by atoms with Gasteiger partial charge in [0.1, 0.15) is 0 Å². The van der Waals surface area contributed by atoms with Crippen LogP contribution in [0.25, 0.3) is 0 Å². The maximum atomic E-state index is 11.6. The van der Waals surface area contributed by atoms with Gasteiger partial charge in [0.2, 0.25) is 5.91 Å². The molecule has 0 bridgehead atoms. The van der Waals surface area contributed by atoms with Gasteiger partial charge in [0.05, 0.1) is 18.1 Å². The van der Waals surface area contributed by atoms with Gasteiger partial charge < -0.3 is 27.0 Å². The number of carboxylic acid groups (broad SMARTS) is 1. The summed E-state index contributed by atoms with van der Waals surface area (Å²) in [4.78, 5) is 27.1. The molecule has 1 amide bonds. The number of nitrogens with zero attached hydrogens (tertiary/aromatic N) is 1. The third-order valence-electron chi connectivity index (χ3n) is 4.72. The number of nitrogens with one attached hydrogen (secondary N) is 1. The van der Waals surface area contributed by atoms with E-state index in [0.29, 0.717) is 0 Å². The van der Waals surface area contributed by atoms with Crippen LogP contribution in [0.15, 0.2) is 4.99 Å². The Balaban J connectivity index is 0.00000529. The summed E-state index contributed by atoms with van der Waals surface area (Å²) in [7, 11) is 0. The van der Waals surface area contributed by atoms with Crippen molar-refractivity contribution >= 4 is 30.2 Å². The number of aliphatic hydroxyl groups excluding tert-OH is 1. The molecule has 0 radical (unpaired) electrons. The van der Waals surface area contributed by atoms with Crippen LogP contribution in [-0.2, 0) is 9.59 Å². The van der Waals surface area contributed by atoms with Gasteiger partial charge in [0, 0.05) is 18.9 Å². The zero-order chi connectivity index (χ0) is 17.7. The summed E-state index contributed by atoms with van der Waals surface area (Å²) in [6.07, 6.45) is 0.612. The molecule has 0 spiro atoms. The Morgan fingerprint density at radius 1 is 1.29 bits per heavy atom. The number of nitrogens with two attached hydrogens (primary N) is 2. The topological polar surface area (TPSA) is 151 Å². The van der Waals surface area contributed by atoms with Crippen molar-refractivity contribution in [2.45, 2.75) is 58.2 Å². The first kappa shape index (κ1) is 22.5. The lowest BCUT2D eigenvalue weighted by Gasteiger charge is -2.35. The summed E-state index contributed by atoms with van der Waals surface area (Å²) in [6.45, 7) is 5.39. The fraction of sp³-hybridized carbons (Fsp3) is 0.800. The highest BCUT2D eigenvalue weighted by atomic mass is 35.5. The van der Waals surface area contributed by atoms with Gasteiger partial charge in [-0.05, 0) is 12.3 Å². The van der Waals surface area contributed by atoms with Crippen LogP contribution in [-0.4, -0.2) is 46.2 Å². The lowest BCUT2D eigenvalue weighted by molar-refractivity contribution is -0.145. The number of rotatable bonds is 7. The normalized spacial score (nSPS) is 27.2. The van der Waals surface area contributed by atoms with Crippen molar-refractivity contribution in [2.24, 2.45) is 34.2 Å². The Bertz CT molecular complexity index is 466. The van der Waals surface area contributed by atoms with E-state index >= 15 is 0 Å². The van der Waals surface area contributed by atoms with Gasteiger partial charge in [-0.1, -0.05) is 26.7 Å². The quantitative estimate of drug-likeness (QED) is 0.318. The minimum Gasteiger partial charge on any atom is -0.481 e. The summed E-state index contributed by atoms with van der Waals surface area (Å²) < 4.78 is 0. The van der Waals surface area contributed by atoms with Crippen molar-refractivity contribution in [3.05, 3.63) is 0 Å². The molecule has 5 atom stereocenters. The Morgan fingerprint density at radius 3 is 2.21 bits per heavy atom. The van der Waals surface area contributed by atoms with E-state index < -0.39 is 30.0 Å². The molecule has 0 aliphatic heterocycles. The van der Waals surface area contributed by atoms with Gasteiger partial charge in [-0.3, -0.25) is 9.59 Å². The lowest BCUT2D eigenvalue weighted by Crippen LogP contribution is -2.51. The van der Waals surface area contributed by atoms with Crippen molar-refractivity contribution in [3.8, 4) is 0 Å². The monoisotopic (exact) mass is 364 g/mol. The molecular weight excluding hydrogens is 336 g/mol. The van der Waals surface area contributed by atoms with Gasteiger partial charge in [-0.25, -0.2) is 4.99 Å². The van der Waals surface area contributed by atoms with E-state index in [1.165, 1.54) is 6.92 Å². The molecule has 1 aliphatic carbocycles. The largest absolute Gasteiger partial charge is 0.481 e. The van der Waals surface area contributed by atoms with Crippen LogP contribution in [0.2, 0.25) is 0 Å². The second-order valence-corrected chi connectivity index (χ2v) is 6.17. The van der Waals surface area contributed by atoms with Gasteiger partial charge in [0.15, 0.2) is 5.96 Å². The van der Waals surface area contributed by atoms with Gasteiger partial charge in [-0.15, -0.1) is 12.4 Å². The Labute approximate surface area is 148 Å². The highest BCUT2D eigenvalue weighted by Gasteiger charge is 2.50. The van der Waals surface area contributed by atoms with Gasteiger partial charge >= 0.3 is 5.97 Å². The highest BCUT2D eigenvalue weighted by Crippen LogP contribution is 2.39. The number of carbonyl (C=O) groups excluding carboxylic acids is 1. The zero-order valence-corrected chi connectivity index (χ0v) is 15.1. The number of guanidine groups is 1. The maximum absolute atomic E-state index is 11.6. The van der Waals surface area contributed by atoms with Crippen molar-refractivity contribution in [1.82, 2.24) is 5.32 Å². The number of halogens is 1. The molecule has 0 saturated heterocycles. The number of amides is 1. The third-order valence-corrected chi connectivity index (χ3v) is 4.72. The zero-order valence-electron chi connectivity index (χ0n) is 14.3. The molecule has 0 heterocycles. The number of hydrogen-bond donors (Lipinski definition) is 5. The summed E-state index contributed by atoms with van der Waals surface area (Å²) in [5, 5.41) is 22.7. The van der Waals surface area contributed by atoms with Crippen LogP contribution >= 0.6 is 12.4 Å². The number of aliphatic carboxylic acids is 1. The first-order valence-electron chi connectivity index (χ1n) is 7.99. The molecule has 24 heavy (non-hydrogen) atoms. The second-order valence-electron chi connectivity index (χ2n) is 6.17. The van der Waals surface area contributed by atoms with E-state index in [9.17, 15) is 19.8 Å². The number of carboxylic acids is 1. The molecule has 0 aromatic carbocycles. The van der Waals surface area contributed by atoms with Crippen LogP contribution in [0.5, 0.6) is 0 Å². The van der Waals surface area contributed by atoms with Crippen LogP contribution in [0, 0.1) is 17.8 Å². The minimum atomic E-state index is -1.11. The molecule has 1 saturated carbocycles. The molecule has 7 N–H and O–H groups in total. The summed E-state index contributed by atoms with van der Waals surface area (Å²) >= 11 is 0. The fourth-order valence-corrected chi connectivity index (χ4v) is 3.64. The van der Waals surface area contributed by atoms with E-state index in [2.05, 4.69) is 10.3 Å². The minimum absolute atomic E-state index is 0. The average molecular weight is 365 g/mol. The van der Waals surface area contributed by atoms with Crippen LogP contribution in [0.4, 0.5) is 0 Å². The number of hydrogen-bond acceptors (Lipinski definition) is 4. The van der Waals surface area contributed by atoms with Crippen molar-refractivity contribution in [3.63, 3.8) is 0 Å². The summed E-state index contributed by atoms with van der Waals surface area (Å²) in [5.74, 6) is -2.84. The Kier molecular flexibility index (Phi) is 9.06. The predicted molar refractivity (Wildman–Crippen MR) is 93.8 cm³/mol. The highest BCUT2D eigenvalue weighted by molar-refractivity contribution is 5.85. The van der Waals surface area contributed by atoms with Crippen LogP contribution in [0.3, 0.4) is 0 Å². The fourth-order valence-electron chi connectivity index (χ4n) is 3.64. The van der Waals surface area contributed by atoms with E-state index in [1.54, 1.807) is 0 Å². The molecule has 0 aromatic rings. The summed E-state index contributed by atoms with van der Waals surface area (Å²) in [5.41, 5.74) is 10.9. The standard InChI is InChI=1S/C15H28N4O4.ClH/c1-4-8(5-2)12(18-7(3)20)11-10(19-15(16)17)6-9(13(11)21)14(22)23;/h8-13,21H,4-6H2,1-3H3,(H,18,20)(H,22,23)(H4,16,17,19);1H/t9-,10-,11-,12+,13-;/m1./s1. The smallest absolute Gasteiger partial charge is 0.309 e. The molecule has 140 valence electrons. The van der Waals surface area contributed by atoms with Crippen molar-refractivity contribution < 1.29 is 19.8 Å². The molecule has 1 fully saturated rings. The van der Waals surface area contributed by atoms with Crippen molar-refractivity contribution in [1.29, 1.82) is 0 Å². The third kappa shape index (κ3) is 5.24. The molecular formula is C15H29ClN4O4. The van der Waals surface area contributed by atoms with Gasteiger partial charge in [-0.2, -0.15) is 0 Å². The molecule has 0 aromatic heterocycles. The molecule has 0 unspecified atom stereocenters. The van der Waals surface area contributed by atoms with Gasteiger partial charge in [0.25, 0.3) is 0 Å². The molecule has 8 nitrogen and oxygen atoms in total. The van der Waals surface area contributed by atoms with E-state index in [1.807, 2.05) is 13.8 Å². The predicted octanol–water partition coefficient (Wildman–Crippen LogP) is 0.0727. The molecule has 9 heteroatoms. The first-order valence-corrected chi connectivity index (χ1v) is 7.99. The number of aliphatic hydroxyl groups is 1. The van der Waals surface area contributed by atoms with E-state index in [-0.39, 0.29) is 42.7 Å². The molecule has 1 aliphatic rings. The van der Waals surface area contributed by atoms with E-state index in [0.717, 1.165) is 12.8 Å². The first-order chi connectivity index (χ1) is 10.7. The SMILES string of the molecule is CCC(CC)[C@H](NC(C)=O)[C@@H]1[C@H](O)[C@H](C(=O)O)C[C@H]1N=C(N)N.Cl.